The molecular weight excluding hydrogens is 164 g/mol. The van der Waals surface area contributed by atoms with Crippen LogP contribution in [0.4, 0.5) is 0 Å². The van der Waals surface area contributed by atoms with Gasteiger partial charge in [0, 0.05) is 13.1 Å². The molecule has 1 aliphatic rings. The summed E-state index contributed by atoms with van der Waals surface area (Å²) >= 11 is 0. The van der Waals surface area contributed by atoms with Crippen molar-refractivity contribution in [2.45, 2.75) is 6.42 Å². The topological polar surface area (TPSA) is 32.3 Å². The van der Waals surface area contributed by atoms with Crippen LogP contribution in [-0.2, 0) is 4.79 Å². The predicted molar refractivity (Wildman–Crippen MR) is 52.0 cm³/mol. The molecule has 1 amide bonds. The summed E-state index contributed by atoms with van der Waals surface area (Å²) in [6.07, 6.45) is 10.1. The number of nitrogens with zero attached hydrogens (tertiary/aromatic N) is 1. The fraction of sp³-hybridized carbons (Fsp3) is 0.500. The monoisotopic (exact) mass is 178 g/mol. The van der Waals surface area contributed by atoms with Gasteiger partial charge < -0.3 is 4.90 Å². The van der Waals surface area contributed by atoms with Crippen LogP contribution in [0.25, 0.3) is 0 Å². The molecule has 1 rings (SSSR count). The third-order valence-corrected chi connectivity index (χ3v) is 1.91. The van der Waals surface area contributed by atoms with Gasteiger partial charge in [0.1, 0.15) is 0 Å². The van der Waals surface area contributed by atoms with E-state index in [0.717, 1.165) is 19.5 Å². The first-order valence-corrected chi connectivity index (χ1v) is 4.41. The van der Waals surface area contributed by atoms with E-state index in [1.807, 2.05) is 11.0 Å². The Morgan fingerprint density at radius 1 is 1.62 bits per heavy atom. The summed E-state index contributed by atoms with van der Waals surface area (Å²) < 4.78 is 0. The lowest BCUT2D eigenvalue weighted by molar-refractivity contribution is -0.129. The number of rotatable bonds is 3. The normalized spacial score (nSPS) is 15.5. The van der Waals surface area contributed by atoms with E-state index in [2.05, 4.69) is 17.3 Å². The van der Waals surface area contributed by atoms with Crippen molar-refractivity contribution in [1.29, 1.82) is 0 Å². The molecule has 0 aliphatic carbocycles. The number of hydrogen-bond donors (Lipinski definition) is 1. The lowest BCUT2D eigenvalue weighted by atomic mass is 10.2. The minimum absolute atomic E-state index is 0.125. The molecule has 0 bridgehead atoms. The number of hydrogen-bond acceptors (Lipinski definition) is 2. The molecular formula is C10H14N2O. The van der Waals surface area contributed by atoms with Gasteiger partial charge in [-0.05, 0) is 6.42 Å². The molecule has 0 aromatic carbocycles. The van der Waals surface area contributed by atoms with E-state index in [4.69, 9.17) is 6.42 Å². The Morgan fingerprint density at radius 2 is 2.46 bits per heavy atom. The van der Waals surface area contributed by atoms with Gasteiger partial charge in [-0.1, -0.05) is 18.1 Å². The Kier molecular flexibility index (Phi) is 4.07. The van der Waals surface area contributed by atoms with E-state index in [0.29, 0.717) is 13.1 Å². The van der Waals surface area contributed by atoms with Crippen LogP contribution in [0.15, 0.2) is 12.2 Å². The molecule has 1 aliphatic heterocycles. The van der Waals surface area contributed by atoms with Gasteiger partial charge in [-0.15, -0.1) is 6.42 Å². The van der Waals surface area contributed by atoms with Crippen LogP contribution in [0.3, 0.4) is 0 Å². The maximum Gasteiger partial charge on any atom is 0.236 e. The van der Waals surface area contributed by atoms with Crippen LogP contribution >= 0.6 is 0 Å². The maximum absolute atomic E-state index is 11.4. The molecule has 0 radical (unpaired) electrons. The first-order chi connectivity index (χ1) is 6.34. The second-order valence-corrected chi connectivity index (χ2v) is 2.91. The van der Waals surface area contributed by atoms with Crippen molar-refractivity contribution < 1.29 is 4.79 Å². The van der Waals surface area contributed by atoms with Crippen molar-refractivity contribution in [3.63, 3.8) is 0 Å². The summed E-state index contributed by atoms with van der Waals surface area (Å²) in [6, 6.07) is 0. The number of carbonyl (C=O) groups excluding carboxylic acids is 1. The number of carbonyl (C=O) groups is 1. The van der Waals surface area contributed by atoms with Crippen molar-refractivity contribution in [1.82, 2.24) is 10.2 Å². The highest BCUT2D eigenvalue weighted by molar-refractivity contribution is 5.78. The van der Waals surface area contributed by atoms with E-state index in [9.17, 15) is 4.79 Å². The van der Waals surface area contributed by atoms with E-state index < -0.39 is 0 Å². The Balaban J connectivity index is 2.23. The van der Waals surface area contributed by atoms with Gasteiger partial charge >= 0.3 is 0 Å². The van der Waals surface area contributed by atoms with Gasteiger partial charge in [0.25, 0.3) is 0 Å². The summed E-state index contributed by atoms with van der Waals surface area (Å²) in [5.41, 5.74) is 0. The summed E-state index contributed by atoms with van der Waals surface area (Å²) in [5.74, 6) is 2.55. The Morgan fingerprint density at radius 3 is 3.08 bits per heavy atom. The van der Waals surface area contributed by atoms with Gasteiger partial charge in [0.2, 0.25) is 5.91 Å². The summed E-state index contributed by atoms with van der Waals surface area (Å²) in [6.45, 7) is 2.36. The lowest BCUT2D eigenvalue weighted by Gasteiger charge is -2.23. The first-order valence-electron chi connectivity index (χ1n) is 4.41. The van der Waals surface area contributed by atoms with Crippen LogP contribution in [-0.4, -0.2) is 37.0 Å². The van der Waals surface area contributed by atoms with E-state index in [1.165, 1.54) is 0 Å². The molecule has 3 nitrogen and oxygen atoms in total. The molecule has 0 fully saturated rings. The second kappa shape index (κ2) is 5.39. The lowest BCUT2D eigenvalue weighted by Crippen LogP contribution is -2.39. The van der Waals surface area contributed by atoms with Gasteiger partial charge in [-0.2, -0.15) is 0 Å². The van der Waals surface area contributed by atoms with Gasteiger partial charge in [-0.3, -0.25) is 10.1 Å². The summed E-state index contributed by atoms with van der Waals surface area (Å²) in [5, 5.41) is 2.88. The third-order valence-electron chi connectivity index (χ3n) is 1.91. The molecule has 13 heavy (non-hydrogen) atoms. The van der Waals surface area contributed by atoms with Gasteiger partial charge in [-0.25, -0.2) is 0 Å². The van der Waals surface area contributed by atoms with Gasteiger partial charge in [0.05, 0.1) is 13.1 Å². The number of amides is 1. The standard InChI is InChI=1S/C10H14N2O/c1-2-6-11-9-10(13)12-7-4-3-5-8-12/h1,3-4,11H,5-9H2. The van der Waals surface area contributed by atoms with E-state index >= 15 is 0 Å². The van der Waals surface area contributed by atoms with Gasteiger partial charge in [0.15, 0.2) is 0 Å². The van der Waals surface area contributed by atoms with Crippen LogP contribution in [0.2, 0.25) is 0 Å². The van der Waals surface area contributed by atoms with Crippen molar-refractivity contribution in [3.05, 3.63) is 12.2 Å². The molecule has 0 spiro atoms. The van der Waals surface area contributed by atoms with Crippen LogP contribution in [0.1, 0.15) is 6.42 Å². The molecule has 3 heteroatoms. The average Bonchev–Trinajstić information content (AvgIpc) is 2.19. The maximum atomic E-state index is 11.4. The Labute approximate surface area is 78.8 Å². The highest BCUT2D eigenvalue weighted by Gasteiger charge is 2.12. The SMILES string of the molecule is C#CCNCC(=O)N1CC=CCC1. The van der Waals surface area contributed by atoms with Crippen LogP contribution in [0, 0.1) is 12.3 Å². The Bertz CT molecular complexity index is 240. The molecule has 0 aromatic rings. The molecule has 0 unspecified atom stereocenters. The summed E-state index contributed by atoms with van der Waals surface area (Å²) in [4.78, 5) is 13.3. The zero-order chi connectivity index (χ0) is 9.52. The van der Waals surface area contributed by atoms with E-state index in [-0.39, 0.29) is 5.91 Å². The minimum atomic E-state index is 0.125. The molecule has 0 atom stereocenters. The fourth-order valence-corrected chi connectivity index (χ4v) is 1.22. The smallest absolute Gasteiger partial charge is 0.236 e. The highest BCUT2D eigenvalue weighted by atomic mass is 16.2. The quantitative estimate of drug-likeness (QED) is 0.375. The van der Waals surface area contributed by atoms with E-state index in [1.54, 1.807) is 0 Å². The number of terminal acetylenes is 1. The Hall–Kier alpha value is -1.27. The van der Waals surface area contributed by atoms with Crippen LogP contribution < -0.4 is 5.32 Å². The largest absolute Gasteiger partial charge is 0.338 e. The zero-order valence-electron chi connectivity index (χ0n) is 7.62. The molecule has 0 saturated carbocycles. The number of nitrogens with one attached hydrogen (secondary N) is 1. The first kappa shape index (κ1) is 9.82. The van der Waals surface area contributed by atoms with Crippen molar-refractivity contribution in [2.24, 2.45) is 0 Å². The minimum Gasteiger partial charge on any atom is -0.338 e. The van der Waals surface area contributed by atoms with Crippen LogP contribution in [0.5, 0.6) is 0 Å². The summed E-state index contributed by atoms with van der Waals surface area (Å²) in [7, 11) is 0. The predicted octanol–water partition coefficient (Wildman–Crippen LogP) is -0.00230. The molecule has 1 heterocycles. The average molecular weight is 178 g/mol. The zero-order valence-corrected chi connectivity index (χ0v) is 7.62. The molecule has 0 saturated heterocycles. The third kappa shape index (κ3) is 3.30. The van der Waals surface area contributed by atoms with Crippen molar-refractivity contribution >= 4 is 5.91 Å². The van der Waals surface area contributed by atoms with Crippen molar-refractivity contribution in [3.8, 4) is 12.3 Å². The molecule has 70 valence electrons. The second-order valence-electron chi connectivity index (χ2n) is 2.91. The highest BCUT2D eigenvalue weighted by Crippen LogP contribution is 2.00. The molecule has 0 aromatic heterocycles. The van der Waals surface area contributed by atoms with Crippen molar-refractivity contribution in [2.75, 3.05) is 26.2 Å². The fourth-order valence-electron chi connectivity index (χ4n) is 1.22. The molecule has 1 N–H and O–H groups in total.